The summed E-state index contributed by atoms with van der Waals surface area (Å²) in [6.07, 6.45) is 0.984. The van der Waals surface area contributed by atoms with E-state index in [2.05, 4.69) is 4.98 Å². The lowest BCUT2D eigenvalue weighted by atomic mass is 10.1. The van der Waals surface area contributed by atoms with Crippen molar-refractivity contribution >= 4 is 11.8 Å². The van der Waals surface area contributed by atoms with E-state index in [1.807, 2.05) is 30.3 Å². The maximum atomic E-state index is 11.1. The molecular formula is C16H18N4O5. The Kier molecular flexibility index (Phi) is 4.77. The van der Waals surface area contributed by atoms with Gasteiger partial charge in [-0.2, -0.15) is 5.06 Å². The molecule has 132 valence electrons. The normalized spacial score (nSPS) is 20.7. The summed E-state index contributed by atoms with van der Waals surface area (Å²) in [6.45, 7) is 0.433. The van der Waals surface area contributed by atoms with Crippen molar-refractivity contribution < 1.29 is 19.7 Å². The Labute approximate surface area is 143 Å². The number of nitro groups is 1. The lowest BCUT2D eigenvalue weighted by Gasteiger charge is -2.21. The van der Waals surface area contributed by atoms with E-state index in [0.29, 0.717) is 18.8 Å². The highest BCUT2D eigenvalue weighted by Crippen LogP contribution is 2.36. The van der Waals surface area contributed by atoms with E-state index in [4.69, 9.17) is 9.94 Å². The smallest absolute Gasteiger partial charge is 0.342 e. The molecule has 2 unspecified atom stereocenters. The van der Waals surface area contributed by atoms with E-state index in [0.717, 1.165) is 5.56 Å². The van der Waals surface area contributed by atoms with Crippen molar-refractivity contribution in [1.29, 1.82) is 0 Å². The van der Waals surface area contributed by atoms with Gasteiger partial charge in [0.1, 0.15) is 12.2 Å². The fraction of sp³-hybridized carbons (Fsp3) is 0.375. The highest BCUT2D eigenvalue weighted by Gasteiger charge is 2.40. The van der Waals surface area contributed by atoms with Crippen molar-refractivity contribution in [3.63, 3.8) is 0 Å². The number of rotatable bonds is 6. The molecule has 3 rings (SSSR count). The van der Waals surface area contributed by atoms with Crippen LogP contribution in [0.1, 0.15) is 30.3 Å². The summed E-state index contributed by atoms with van der Waals surface area (Å²) in [6, 6.07) is 9.23. The molecule has 0 saturated carbocycles. The molecule has 9 heteroatoms. The van der Waals surface area contributed by atoms with Gasteiger partial charge in [0.15, 0.2) is 0 Å². The van der Waals surface area contributed by atoms with Gasteiger partial charge in [0.25, 0.3) is 0 Å². The summed E-state index contributed by atoms with van der Waals surface area (Å²) in [5.41, 5.74) is 0.993. The molecule has 0 amide bonds. The van der Waals surface area contributed by atoms with Gasteiger partial charge in [0, 0.05) is 6.42 Å². The maximum Gasteiger partial charge on any atom is 0.342 e. The van der Waals surface area contributed by atoms with E-state index >= 15 is 0 Å². The van der Waals surface area contributed by atoms with Gasteiger partial charge in [-0.1, -0.05) is 30.3 Å². The number of carboxylic acid groups (broad SMARTS) is 1. The number of hydrogen-bond donors (Lipinski definition) is 1. The van der Waals surface area contributed by atoms with Crippen LogP contribution in [0.2, 0.25) is 0 Å². The van der Waals surface area contributed by atoms with Crippen molar-refractivity contribution in [3.8, 4) is 0 Å². The molecule has 1 aliphatic heterocycles. The zero-order valence-electron chi connectivity index (χ0n) is 13.6. The van der Waals surface area contributed by atoms with Crippen LogP contribution >= 0.6 is 0 Å². The van der Waals surface area contributed by atoms with Crippen LogP contribution in [0.15, 0.2) is 36.5 Å². The van der Waals surface area contributed by atoms with Crippen molar-refractivity contribution in [2.75, 3.05) is 0 Å². The molecule has 1 aliphatic rings. The first-order valence-corrected chi connectivity index (χ1v) is 7.81. The molecule has 0 spiro atoms. The zero-order valence-corrected chi connectivity index (χ0v) is 13.6. The number of hydroxylamine groups is 2. The Balaban J connectivity index is 1.87. The van der Waals surface area contributed by atoms with Gasteiger partial charge in [-0.05, 0) is 10.5 Å². The van der Waals surface area contributed by atoms with Crippen LogP contribution in [0.3, 0.4) is 0 Å². The number of aromatic nitrogens is 2. The van der Waals surface area contributed by atoms with Gasteiger partial charge in [-0.25, -0.2) is 9.55 Å². The number of nitrogens with zero attached hydrogens (tertiary/aromatic N) is 4. The predicted molar refractivity (Wildman–Crippen MR) is 86.3 cm³/mol. The van der Waals surface area contributed by atoms with Crippen LogP contribution in [-0.4, -0.2) is 36.7 Å². The molecule has 25 heavy (non-hydrogen) atoms. The molecule has 1 saturated heterocycles. The van der Waals surface area contributed by atoms with Gasteiger partial charge in [-0.15, -0.1) is 0 Å². The zero-order chi connectivity index (χ0) is 18.0. The average molecular weight is 346 g/mol. The minimum Gasteiger partial charge on any atom is -0.481 e. The molecule has 1 aromatic heterocycles. The van der Waals surface area contributed by atoms with Crippen LogP contribution in [0.25, 0.3) is 0 Å². The average Bonchev–Trinajstić information content (AvgIpc) is 3.11. The highest BCUT2D eigenvalue weighted by molar-refractivity contribution is 5.67. The molecule has 2 atom stereocenters. The van der Waals surface area contributed by atoms with Crippen molar-refractivity contribution in [2.45, 2.75) is 31.5 Å². The summed E-state index contributed by atoms with van der Waals surface area (Å²) in [4.78, 5) is 31.5. The SMILES string of the molecule is Cn1c([N+](=O)[O-])cnc1C1CC(CC(=O)O)ON1Cc1ccccc1. The molecule has 1 fully saturated rings. The van der Waals surface area contributed by atoms with Crippen molar-refractivity contribution in [3.05, 3.63) is 58.0 Å². The van der Waals surface area contributed by atoms with Gasteiger partial charge < -0.3 is 15.2 Å². The quantitative estimate of drug-likeness (QED) is 0.629. The Hall–Kier alpha value is -2.78. The molecule has 2 aromatic rings. The number of carbonyl (C=O) groups is 1. The molecule has 1 N–H and O–H groups in total. The van der Waals surface area contributed by atoms with Gasteiger partial charge in [-0.3, -0.25) is 9.63 Å². The minimum absolute atomic E-state index is 0.114. The number of benzene rings is 1. The van der Waals surface area contributed by atoms with E-state index in [1.54, 1.807) is 12.1 Å². The van der Waals surface area contributed by atoms with Crippen LogP contribution in [0.4, 0.5) is 5.82 Å². The van der Waals surface area contributed by atoms with Gasteiger partial charge in [0.2, 0.25) is 5.82 Å². The fourth-order valence-corrected chi connectivity index (χ4v) is 3.03. The largest absolute Gasteiger partial charge is 0.481 e. The number of carboxylic acids is 1. The van der Waals surface area contributed by atoms with Crippen molar-refractivity contribution in [2.24, 2.45) is 7.05 Å². The van der Waals surface area contributed by atoms with Crippen LogP contribution in [-0.2, 0) is 23.2 Å². The van der Waals surface area contributed by atoms with E-state index < -0.39 is 17.0 Å². The summed E-state index contributed by atoms with van der Waals surface area (Å²) in [5, 5.41) is 21.7. The topological polar surface area (TPSA) is 111 Å². The van der Waals surface area contributed by atoms with E-state index in [9.17, 15) is 14.9 Å². The fourth-order valence-electron chi connectivity index (χ4n) is 3.03. The Morgan fingerprint density at radius 2 is 2.16 bits per heavy atom. The summed E-state index contributed by atoms with van der Waals surface area (Å²) < 4.78 is 1.41. The second-order valence-corrected chi connectivity index (χ2v) is 5.93. The first-order chi connectivity index (χ1) is 12.0. The molecule has 0 aliphatic carbocycles. The number of imidazole rings is 1. The number of aliphatic carboxylic acids is 1. The predicted octanol–water partition coefficient (Wildman–Crippen LogP) is 2.05. The Bertz CT molecular complexity index is 776. The first-order valence-electron chi connectivity index (χ1n) is 7.81. The molecule has 0 bridgehead atoms. The standard InChI is InChI=1S/C16H18N4O5/c1-18-14(20(23)24)9-17-16(18)13-7-12(8-15(21)22)25-19(13)10-11-5-3-2-4-6-11/h2-6,9,12-13H,7-8,10H2,1H3,(H,21,22). The lowest BCUT2D eigenvalue weighted by molar-refractivity contribution is -0.391. The summed E-state index contributed by atoms with van der Waals surface area (Å²) in [5.74, 6) is -0.581. The Morgan fingerprint density at radius 3 is 2.76 bits per heavy atom. The summed E-state index contributed by atoms with van der Waals surface area (Å²) >= 11 is 0. The summed E-state index contributed by atoms with van der Waals surface area (Å²) in [7, 11) is 1.58. The van der Waals surface area contributed by atoms with Crippen LogP contribution < -0.4 is 0 Å². The lowest BCUT2D eigenvalue weighted by Crippen LogP contribution is -2.24. The van der Waals surface area contributed by atoms with E-state index in [1.165, 1.54) is 10.8 Å². The van der Waals surface area contributed by atoms with Crippen molar-refractivity contribution in [1.82, 2.24) is 14.6 Å². The van der Waals surface area contributed by atoms with Gasteiger partial charge in [0.05, 0.1) is 26.1 Å². The van der Waals surface area contributed by atoms with E-state index in [-0.39, 0.29) is 18.3 Å². The van der Waals surface area contributed by atoms with Crippen LogP contribution in [0.5, 0.6) is 0 Å². The first kappa shape index (κ1) is 17.1. The maximum absolute atomic E-state index is 11.1. The molecule has 9 nitrogen and oxygen atoms in total. The van der Waals surface area contributed by atoms with Crippen LogP contribution in [0, 0.1) is 10.1 Å². The monoisotopic (exact) mass is 346 g/mol. The third-order valence-corrected chi connectivity index (χ3v) is 4.19. The highest BCUT2D eigenvalue weighted by atomic mass is 16.7. The third-order valence-electron chi connectivity index (χ3n) is 4.19. The second kappa shape index (κ2) is 6.99. The molecule has 0 radical (unpaired) electrons. The third kappa shape index (κ3) is 3.67. The van der Waals surface area contributed by atoms with Gasteiger partial charge >= 0.3 is 11.8 Å². The molecule has 1 aromatic carbocycles. The molecule has 2 heterocycles. The Morgan fingerprint density at radius 1 is 1.44 bits per heavy atom. The molecular weight excluding hydrogens is 328 g/mol. The number of hydrogen-bond acceptors (Lipinski definition) is 6. The minimum atomic E-state index is -0.948. The second-order valence-electron chi connectivity index (χ2n) is 5.93.